The first kappa shape index (κ1) is 17.1. The van der Waals surface area contributed by atoms with E-state index in [4.69, 9.17) is 0 Å². The van der Waals surface area contributed by atoms with Crippen LogP contribution in [0, 0.1) is 0 Å². The summed E-state index contributed by atoms with van der Waals surface area (Å²) in [7, 11) is 0. The average Bonchev–Trinajstić information content (AvgIpc) is 2.99. The number of hydrogen-bond acceptors (Lipinski definition) is 3. The van der Waals surface area contributed by atoms with Gasteiger partial charge < -0.3 is 14.5 Å². The molecule has 2 aromatic carbocycles. The van der Waals surface area contributed by atoms with Gasteiger partial charge in [-0.2, -0.15) is 0 Å². The van der Waals surface area contributed by atoms with Crippen LogP contribution in [-0.2, 0) is 0 Å². The number of aromatic nitrogens is 2. The summed E-state index contributed by atoms with van der Waals surface area (Å²) in [5.41, 5.74) is 1.98. The van der Waals surface area contributed by atoms with Gasteiger partial charge in [-0.15, -0.1) is 0 Å². The summed E-state index contributed by atoms with van der Waals surface area (Å²) >= 11 is 0. The van der Waals surface area contributed by atoms with E-state index < -0.39 is 5.97 Å². The van der Waals surface area contributed by atoms with Crippen LogP contribution in [0.2, 0.25) is 0 Å². The van der Waals surface area contributed by atoms with E-state index in [0.29, 0.717) is 0 Å². The molecule has 0 aliphatic carbocycles. The van der Waals surface area contributed by atoms with Crippen LogP contribution in [0.1, 0.15) is 27.8 Å². The largest absolute Gasteiger partial charge is 1.00 e. The first-order valence-electron chi connectivity index (χ1n) is 6.61. The van der Waals surface area contributed by atoms with E-state index in [1.165, 1.54) is 6.20 Å². The average molecular weight is 316 g/mol. The number of benzene rings is 2. The van der Waals surface area contributed by atoms with E-state index in [2.05, 4.69) is 4.98 Å². The molecule has 0 fully saturated rings. The Morgan fingerprint density at radius 1 is 0.955 bits per heavy atom. The SMILES string of the molecule is O=C([O-])c1nccn1C(c1ccccc1)c1ccccc1.[K+]. The van der Waals surface area contributed by atoms with Crippen LogP contribution in [-0.4, -0.2) is 15.5 Å². The van der Waals surface area contributed by atoms with Crippen molar-refractivity contribution >= 4 is 5.97 Å². The zero-order valence-corrected chi connectivity index (χ0v) is 15.3. The molecule has 0 unspecified atom stereocenters. The summed E-state index contributed by atoms with van der Waals surface area (Å²) in [6.07, 6.45) is 3.14. The number of carboxylic acids is 1. The first-order chi connectivity index (χ1) is 10.3. The maximum atomic E-state index is 11.3. The fourth-order valence-electron chi connectivity index (χ4n) is 2.46. The zero-order chi connectivity index (χ0) is 14.7. The van der Waals surface area contributed by atoms with E-state index in [-0.39, 0.29) is 63.3 Å². The third-order valence-electron chi connectivity index (χ3n) is 3.36. The predicted octanol–water partition coefficient (Wildman–Crippen LogP) is -1.11. The van der Waals surface area contributed by atoms with E-state index in [0.717, 1.165) is 11.1 Å². The molecule has 0 N–H and O–H groups in total. The van der Waals surface area contributed by atoms with Gasteiger partial charge in [0.25, 0.3) is 0 Å². The van der Waals surface area contributed by atoms with Crippen molar-refractivity contribution < 1.29 is 61.3 Å². The molecule has 0 saturated carbocycles. The molecule has 0 radical (unpaired) electrons. The van der Waals surface area contributed by atoms with Crippen LogP contribution in [0.15, 0.2) is 73.1 Å². The normalized spacial score (nSPS) is 10.2. The molecule has 0 aliphatic rings. The quantitative estimate of drug-likeness (QED) is 0.574. The molecule has 1 heterocycles. The molecule has 0 atom stereocenters. The minimum absolute atomic E-state index is 0. The fraction of sp³-hybridized carbons (Fsp3) is 0.0588. The third-order valence-corrected chi connectivity index (χ3v) is 3.36. The summed E-state index contributed by atoms with van der Waals surface area (Å²) in [4.78, 5) is 15.1. The van der Waals surface area contributed by atoms with Gasteiger partial charge in [0.15, 0.2) is 5.82 Å². The monoisotopic (exact) mass is 316 g/mol. The van der Waals surface area contributed by atoms with Gasteiger partial charge in [-0.3, -0.25) is 0 Å². The van der Waals surface area contributed by atoms with Crippen LogP contribution in [0.3, 0.4) is 0 Å². The van der Waals surface area contributed by atoms with Crippen molar-refractivity contribution in [3.8, 4) is 0 Å². The second kappa shape index (κ2) is 7.85. The number of imidazole rings is 1. The Bertz CT molecular complexity index is 702. The fourth-order valence-corrected chi connectivity index (χ4v) is 2.46. The predicted molar refractivity (Wildman–Crippen MR) is 76.7 cm³/mol. The van der Waals surface area contributed by atoms with Crippen LogP contribution < -0.4 is 56.5 Å². The molecule has 1 aromatic heterocycles. The number of nitrogens with zero attached hydrogens (tertiary/aromatic N) is 2. The van der Waals surface area contributed by atoms with Gasteiger partial charge in [0.2, 0.25) is 0 Å². The number of carbonyl (C=O) groups is 1. The summed E-state index contributed by atoms with van der Waals surface area (Å²) in [5, 5.41) is 11.3. The van der Waals surface area contributed by atoms with E-state index >= 15 is 0 Å². The van der Waals surface area contributed by atoms with Crippen molar-refractivity contribution in [2.24, 2.45) is 0 Å². The topological polar surface area (TPSA) is 57.9 Å². The smallest absolute Gasteiger partial charge is 0.542 e. The second-order valence-electron chi connectivity index (χ2n) is 4.67. The van der Waals surface area contributed by atoms with E-state index in [1.54, 1.807) is 10.8 Å². The summed E-state index contributed by atoms with van der Waals surface area (Å²) in [6.45, 7) is 0. The molecule has 4 nitrogen and oxygen atoms in total. The molecule has 3 aromatic rings. The molecule has 0 saturated heterocycles. The molecule has 0 aliphatic heterocycles. The summed E-state index contributed by atoms with van der Waals surface area (Å²) in [5.74, 6) is -1.36. The van der Waals surface area contributed by atoms with Gasteiger partial charge in [0, 0.05) is 12.4 Å². The maximum absolute atomic E-state index is 11.3. The molecule has 0 amide bonds. The third kappa shape index (κ3) is 3.56. The van der Waals surface area contributed by atoms with Gasteiger partial charge in [0.1, 0.15) is 5.97 Å². The van der Waals surface area contributed by atoms with Gasteiger partial charge in [-0.25, -0.2) is 4.98 Å². The van der Waals surface area contributed by atoms with Crippen molar-refractivity contribution in [1.82, 2.24) is 9.55 Å². The number of hydrogen-bond donors (Lipinski definition) is 0. The summed E-state index contributed by atoms with van der Waals surface area (Å²) in [6, 6.07) is 19.2. The second-order valence-corrected chi connectivity index (χ2v) is 4.67. The molecule has 104 valence electrons. The Morgan fingerprint density at radius 2 is 1.45 bits per heavy atom. The Balaban J connectivity index is 0.00000176. The molecular weight excluding hydrogens is 303 g/mol. The Morgan fingerprint density at radius 3 is 1.91 bits per heavy atom. The van der Waals surface area contributed by atoms with Crippen LogP contribution >= 0.6 is 0 Å². The van der Waals surface area contributed by atoms with Crippen LogP contribution in [0.5, 0.6) is 0 Å². The van der Waals surface area contributed by atoms with Gasteiger partial charge >= 0.3 is 51.4 Å². The number of carboxylic acid groups (broad SMARTS) is 1. The molecule has 22 heavy (non-hydrogen) atoms. The molecular formula is C17H13KN2O2. The number of rotatable bonds is 4. The van der Waals surface area contributed by atoms with Crippen molar-refractivity contribution in [2.75, 3.05) is 0 Å². The molecule has 0 bridgehead atoms. The zero-order valence-electron chi connectivity index (χ0n) is 12.2. The maximum Gasteiger partial charge on any atom is 1.00 e. The standard InChI is InChI=1S/C17H14N2O2.K/c20-17(21)16-18-11-12-19(16)15(13-7-3-1-4-8-13)14-9-5-2-6-10-14;/h1-12,15H,(H,20,21);/q;+1/p-1. The Kier molecular flexibility index (Phi) is 6.11. The minimum Gasteiger partial charge on any atom is -0.542 e. The van der Waals surface area contributed by atoms with E-state index in [9.17, 15) is 9.90 Å². The van der Waals surface area contributed by atoms with Gasteiger partial charge in [0.05, 0.1) is 6.04 Å². The number of carbonyl (C=O) groups excluding carboxylic acids is 1. The van der Waals surface area contributed by atoms with Gasteiger partial charge in [-0.05, 0) is 11.1 Å². The molecule has 5 heteroatoms. The molecule has 3 rings (SSSR count). The van der Waals surface area contributed by atoms with Crippen LogP contribution in [0.25, 0.3) is 0 Å². The first-order valence-corrected chi connectivity index (χ1v) is 6.61. The number of aromatic carboxylic acids is 1. The molecule has 0 spiro atoms. The summed E-state index contributed by atoms with van der Waals surface area (Å²) < 4.78 is 1.62. The van der Waals surface area contributed by atoms with Crippen molar-refractivity contribution in [1.29, 1.82) is 0 Å². The van der Waals surface area contributed by atoms with Crippen LogP contribution in [0.4, 0.5) is 0 Å². The van der Waals surface area contributed by atoms with Crippen molar-refractivity contribution in [2.45, 2.75) is 6.04 Å². The van der Waals surface area contributed by atoms with Gasteiger partial charge in [-0.1, -0.05) is 60.7 Å². The van der Waals surface area contributed by atoms with Crippen molar-refractivity contribution in [3.05, 3.63) is 90.0 Å². The minimum atomic E-state index is -1.28. The van der Waals surface area contributed by atoms with E-state index in [1.807, 2.05) is 60.7 Å². The Hall–Kier alpha value is -1.24. The van der Waals surface area contributed by atoms with Crippen molar-refractivity contribution in [3.63, 3.8) is 0 Å². The Labute approximate surface area is 171 Å².